The molecule has 7 heteroatoms. The Kier molecular flexibility index (Phi) is 2.75. The van der Waals surface area contributed by atoms with Crippen molar-refractivity contribution in [1.29, 1.82) is 0 Å². The second-order valence-electron chi connectivity index (χ2n) is 4.32. The van der Waals surface area contributed by atoms with Crippen LogP contribution in [0.15, 0.2) is 4.79 Å². The molecule has 2 aromatic rings. The van der Waals surface area contributed by atoms with Crippen LogP contribution in [0.2, 0.25) is 0 Å². The molecule has 7 nitrogen and oxygen atoms in total. The molecule has 0 aromatic carbocycles. The van der Waals surface area contributed by atoms with Crippen LogP contribution in [-0.4, -0.2) is 39.8 Å². The molecule has 1 aliphatic carbocycles. The molecule has 0 saturated carbocycles. The maximum Gasteiger partial charge on any atom is 0.350 e. The summed E-state index contributed by atoms with van der Waals surface area (Å²) in [4.78, 5) is 16.3. The molecule has 0 spiro atoms. The summed E-state index contributed by atoms with van der Waals surface area (Å²) in [7, 11) is 1.64. The predicted molar refractivity (Wildman–Crippen MR) is 66.0 cm³/mol. The lowest BCUT2D eigenvalue weighted by atomic mass is 10.2. The van der Waals surface area contributed by atoms with Crippen molar-refractivity contribution in [3.05, 3.63) is 21.7 Å². The van der Waals surface area contributed by atoms with Crippen LogP contribution in [0.4, 0.5) is 5.95 Å². The Hall–Kier alpha value is -1.89. The van der Waals surface area contributed by atoms with E-state index in [4.69, 9.17) is 4.74 Å². The van der Waals surface area contributed by atoms with Crippen LogP contribution in [0.5, 0.6) is 0 Å². The van der Waals surface area contributed by atoms with Gasteiger partial charge in [0.15, 0.2) is 5.65 Å². The summed E-state index contributed by atoms with van der Waals surface area (Å²) in [6.07, 6.45) is 2.96. The lowest BCUT2D eigenvalue weighted by molar-refractivity contribution is 0.210. The van der Waals surface area contributed by atoms with Crippen molar-refractivity contribution in [3.8, 4) is 0 Å². The molecule has 0 fully saturated rings. The number of methoxy groups -OCH3 is 1. The fraction of sp³-hybridized carbons (Fsp3) is 0.545. The molecule has 0 atom stereocenters. The predicted octanol–water partition coefficient (Wildman–Crippen LogP) is -0.0354. The maximum absolute atomic E-state index is 11.8. The zero-order valence-electron chi connectivity index (χ0n) is 10.2. The highest BCUT2D eigenvalue weighted by Crippen LogP contribution is 2.24. The van der Waals surface area contributed by atoms with E-state index in [1.54, 1.807) is 7.11 Å². The number of fused-ring (bicyclic) bond motifs is 3. The number of H-pyrrole nitrogens is 1. The van der Waals surface area contributed by atoms with E-state index in [9.17, 15) is 4.79 Å². The van der Waals surface area contributed by atoms with E-state index in [2.05, 4.69) is 20.5 Å². The van der Waals surface area contributed by atoms with Crippen molar-refractivity contribution in [2.24, 2.45) is 0 Å². The van der Waals surface area contributed by atoms with E-state index in [0.717, 1.165) is 30.5 Å². The molecule has 0 bridgehead atoms. The summed E-state index contributed by atoms with van der Waals surface area (Å²) < 4.78 is 6.48. The van der Waals surface area contributed by atoms with Crippen molar-refractivity contribution in [3.63, 3.8) is 0 Å². The first-order chi connectivity index (χ1) is 8.81. The van der Waals surface area contributed by atoms with Gasteiger partial charge in [-0.1, -0.05) is 0 Å². The van der Waals surface area contributed by atoms with Crippen molar-refractivity contribution < 1.29 is 4.74 Å². The smallest absolute Gasteiger partial charge is 0.350 e. The summed E-state index contributed by atoms with van der Waals surface area (Å²) in [6.45, 7) is 1.17. The number of aryl methyl sites for hydroxylation is 2. The van der Waals surface area contributed by atoms with Crippen molar-refractivity contribution in [2.75, 3.05) is 25.6 Å². The molecule has 0 aliphatic heterocycles. The lowest BCUT2D eigenvalue weighted by Crippen LogP contribution is -2.19. The largest absolute Gasteiger partial charge is 0.383 e. The van der Waals surface area contributed by atoms with Crippen LogP contribution < -0.4 is 11.0 Å². The van der Waals surface area contributed by atoms with Crippen molar-refractivity contribution >= 4 is 11.6 Å². The number of aromatic amines is 1. The highest BCUT2D eigenvalue weighted by atomic mass is 16.5. The minimum atomic E-state index is -0.257. The van der Waals surface area contributed by atoms with Gasteiger partial charge in [0.25, 0.3) is 0 Å². The average molecular weight is 249 g/mol. The van der Waals surface area contributed by atoms with Gasteiger partial charge in [-0.15, -0.1) is 0 Å². The SMILES string of the molecule is COCCNc1nc2c(c3n[nH]c(=O)n13)CCC2. The van der Waals surface area contributed by atoms with Crippen LogP contribution in [0.3, 0.4) is 0 Å². The molecule has 0 saturated heterocycles. The van der Waals surface area contributed by atoms with E-state index >= 15 is 0 Å². The maximum atomic E-state index is 11.8. The molecule has 0 amide bonds. The van der Waals surface area contributed by atoms with Gasteiger partial charge >= 0.3 is 5.69 Å². The Labute approximate surface area is 103 Å². The zero-order chi connectivity index (χ0) is 12.5. The summed E-state index contributed by atoms with van der Waals surface area (Å²) >= 11 is 0. The van der Waals surface area contributed by atoms with Gasteiger partial charge in [-0.05, 0) is 19.3 Å². The molecule has 18 heavy (non-hydrogen) atoms. The number of nitrogens with zero attached hydrogens (tertiary/aromatic N) is 3. The van der Waals surface area contributed by atoms with Gasteiger partial charge in [-0.2, -0.15) is 5.10 Å². The summed E-state index contributed by atoms with van der Waals surface area (Å²) in [5.41, 5.74) is 2.57. The first-order valence-corrected chi connectivity index (χ1v) is 6.03. The highest BCUT2D eigenvalue weighted by molar-refractivity contribution is 5.55. The average Bonchev–Trinajstić information content (AvgIpc) is 2.96. The molecule has 0 unspecified atom stereocenters. The highest BCUT2D eigenvalue weighted by Gasteiger charge is 2.21. The minimum absolute atomic E-state index is 0.257. The number of hydrogen-bond donors (Lipinski definition) is 2. The second kappa shape index (κ2) is 4.41. The number of hydrogen-bond acceptors (Lipinski definition) is 5. The zero-order valence-corrected chi connectivity index (χ0v) is 10.2. The molecular weight excluding hydrogens is 234 g/mol. The van der Waals surface area contributed by atoms with E-state index in [1.165, 1.54) is 4.40 Å². The van der Waals surface area contributed by atoms with Crippen LogP contribution >= 0.6 is 0 Å². The normalized spacial score (nSPS) is 14.1. The van der Waals surface area contributed by atoms with Crippen LogP contribution in [0.25, 0.3) is 5.65 Å². The molecule has 2 aromatic heterocycles. The molecular formula is C11H15N5O2. The van der Waals surface area contributed by atoms with Crippen LogP contribution in [0.1, 0.15) is 17.7 Å². The van der Waals surface area contributed by atoms with Gasteiger partial charge in [0.2, 0.25) is 5.95 Å². The summed E-state index contributed by atoms with van der Waals surface area (Å²) in [5.74, 6) is 0.543. The number of anilines is 1. The third-order valence-electron chi connectivity index (χ3n) is 3.17. The number of ether oxygens (including phenoxy) is 1. The molecule has 2 N–H and O–H groups in total. The van der Waals surface area contributed by atoms with E-state index in [-0.39, 0.29) is 5.69 Å². The van der Waals surface area contributed by atoms with E-state index < -0.39 is 0 Å². The van der Waals surface area contributed by atoms with Gasteiger partial charge in [0.1, 0.15) is 0 Å². The third-order valence-corrected chi connectivity index (χ3v) is 3.17. The molecule has 1 aliphatic rings. The Morgan fingerprint density at radius 3 is 3.22 bits per heavy atom. The lowest BCUT2D eigenvalue weighted by Gasteiger charge is -2.09. The first kappa shape index (κ1) is 11.2. The quantitative estimate of drug-likeness (QED) is 0.743. The Bertz CT molecular complexity index is 630. The van der Waals surface area contributed by atoms with Crippen molar-refractivity contribution in [2.45, 2.75) is 19.3 Å². The monoisotopic (exact) mass is 249 g/mol. The summed E-state index contributed by atoms with van der Waals surface area (Å²) in [5, 5.41) is 9.69. The van der Waals surface area contributed by atoms with Crippen LogP contribution in [-0.2, 0) is 17.6 Å². The molecule has 96 valence electrons. The number of nitrogens with one attached hydrogen (secondary N) is 2. The Balaban J connectivity index is 2.10. The Morgan fingerprint density at radius 1 is 1.50 bits per heavy atom. The van der Waals surface area contributed by atoms with Gasteiger partial charge in [-0.3, -0.25) is 0 Å². The first-order valence-electron chi connectivity index (χ1n) is 6.03. The van der Waals surface area contributed by atoms with Gasteiger partial charge in [0, 0.05) is 19.2 Å². The minimum Gasteiger partial charge on any atom is -0.383 e. The third kappa shape index (κ3) is 1.67. The standard InChI is InChI=1S/C11H15N5O2/c1-18-6-5-12-10-13-8-4-2-3-7(8)9-14-15-11(17)16(9)10/h2-6H2,1H3,(H,12,13)(H,15,17). The molecule has 3 rings (SSSR count). The van der Waals surface area contributed by atoms with Gasteiger partial charge in [0.05, 0.1) is 12.3 Å². The number of aromatic nitrogens is 4. The van der Waals surface area contributed by atoms with Gasteiger partial charge in [-0.25, -0.2) is 19.3 Å². The Morgan fingerprint density at radius 2 is 2.39 bits per heavy atom. The van der Waals surface area contributed by atoms with Crippen LogP contribution in [0, 0.1) is 0 Å². The van der Waals surface area contributed by atoms with Gasteiger partial charge < -0.3 is 10.1 Å². The molecule has 0 radical (unpaired) electrons. The number of rotatable bonds is 4. The molecule has 2 heterocycles. The van der Waals surface area contributed by atoms with E-state index in [1.807, 2.05) is 0 Å². The summed E-state index contributed by atoms with van der Waals surface area (Å²) in [6, 6.07) is 0. The topological polar surface area (TPSA) is 84.3 Å². The van der Waals surface area contributed by atoms with E-state index in [0.29, 0.717) is 24.7 Å². The fourth-order valence-corrected chi connectivity index (χ4v) is 2.35. The second-order valence-corrected chi connectivity index (χ2v) is 4.32. The fourth-order valence-electron chi connectivity index (χ4n) is 2.35. The van der Waals surface area contributed by atoms with Crippen molar-refractivity contribution in [1.82, 2.24) is 19.6 Å².